The van der Waals surface area contributed by atoms with Crippen molar-refractivity contribution in [3.63, 3.8) is 0 Å². The summed E-state index contributed by atoms with van der Waals surface area (Å²) in [5.41, 5.74) is 3.45. The molecule has 0 spiro atoms. The predicted octanol–water partition coefficient (Wildman–Crippen LogP) is 1.71. The number of hydrogen-bond acceptors (Lipinski definition) is 2. The maximum absolute atomic E-state index is 4.69. The minimum atomic E-state index is 0.601. The van der Waals surface area contributed by atoms with Gasteiger partial charge in [0.25, 0.3) is 0 Å². The van der Waals surface area contributed by atoms with Crippen LogP contribution in [0.3, 0.4) is 0 Å². The molecule has 1 saturated carbocycles. The van der Waals surface area contributed by atoms with Gasteiger partial charge in [-0.05, 0) is 37.5 Å². The fraction of sp³-hybridized carbons (Fsp3) is 0.467. The Labute approximate surface area is 119 Å². The Morgan fingerprint density at radius 3 is 2.95 bits per heavy atom. The number of benzene rings is 1. The van der Waals surface area contributed by atoms with Crippen LogP contribution in [-0.4, -0.2) is 28.6 Å². The van der Waals surface area contributed by atoms with Crippen molar-refractivity contribution < 1.29 is 0 Å². The van der Waals surface area contributed by atoms with E-state index in [1.807, 2.05) is 0 Å². The molecule has 5 heteroatoms. The molecule has 0 saturated heterocycles. The maximum atomic E-state index is 4.69. The van der Waals surface area contributed by atoms with Gasteiger partial charge in [-0.15, -0.1) is 0 Å². The van der Waals surface area contributed by atoms with Gasteiger partial charge < -0.3 is 15.2 Å². The molecule has 3 rings (SSSR count). The maximum Gasteiger partial charge on any atom is 0.191 e. The lowest BCUT2D eigenvalue weighted by atomic mass is 10.2. The third kappa shape index (κ3) is 2.61. The van der Waals surface area contributed by atoms with Crippen LogP contribution >= 0.6 is 0 Å². The fourth-order valence-corrected chi connectivity index (χ4v) is 2.30. The molecule has 1 aromatic carbocycles. The number of aromatic nitrogens is 2. The van der Waals surface area contributed by atoms with Crippen molar-refractivity contribution in [2.75, 3.05) is 7.05 Å². The van der Waals surface area contributed by atoms with Gasteiger partial charge in [0.15, 0.2) is 5.96 Å². The third-order valence-corrected chi connectivity index (χ3v) is 3.68. The van der Waals surface area contributed by atoms with Gasteiger partial charge >= 0.3 is 0 Å². The van der Waals surface area contributed by atoms with Crippen molar-refractivity contribution in [1.29, 1.82) is 0 Å². The van der Waals surface area contributed by atoms with Crippen LogP contribution in [0.4, 0.5) is 0 Å². The summed E-state index contributed by atoms with van der Waals surface area (Å²) in [4.78, 5) is 8.93. The number of imidazole rings is 1. The van der Waals surface area contributed by atoms with E-state index in [-0.39, 0.29) is 0 Å². The number of nitrogens with zero attached hydrogens (tertiary/aromatic N) is 3. The largest absolute Gasteiger partial charge is 0.354 e. The Morgan fingerprint density at radius 2 is 2.25 bits per heavy atom. The molecule has 2 N–H and O–H groups in total. The van der Waals surface area contributed by atoms with Gasteiger partial charge in [-0.1, -0.05) is 6.07 Å². The number of aliphatic imine (C=N–C) groups is 1. The first-order valence-electron chi connectivity index (χ1n) is 7.06. The van der Waals surface area contributed by atoms with Crippen LogP contribution in [0.25, 0.3) is 11.0 Å². The lowest BCUT2D eigenvalue weighted by molar-refractivity contribution is 0.735. The molecule has 20 heavy (non-hydrogen) atoms. The Kier molecular flexibility index (Phi) is 3.34. The van der Waals surface area contributed by atoms with Gasteiger partial charge in [0.1, 0.15) is 5.82 Å². The highest BCUT2D eigenvalue weighted by Crippen LogP contribution is 2.18. The second kappa shape index (κ2) is 5.15. The molecule has 1 aliphatic rings. The monoisotopic (exact) mass is 271 g/mol. The number of fused-ring (bicyclic) bond motifs is 1. The third-order valence-electron chi connectivity index (χ3n) is 3.68. The fourth-order valence-electron chi connectivity index (χ4n) is 2.30. The van der Waals surface area contributed by atoms with E-state index in [4.69, 9.17) is 4.98 Å². The van der Waals surface area contributed by atoms with E-state index in [0.29, 0.717) is 12.6 Å². The number of rotatable bonds is 3. The summed E-state index contributed by atoms with van der Waals surface area (Å²) >= 11 is 0. The van der Waals surface area contributed by atoms with Gasteiger partial charge in [-0.3, -0.25) is 4.99 Å². The molecule has 0 unspecified atom stereocenters. The first kappa shape index (κ1) is 13.0. The average molecular weight is 271 g/mol. The van der Waals surface area contributed by atoms with Gasteiger partial charge in [0.2, 0.25) is 0 Å². The standard InChI is InChI=1S/C15H21N5/c1-10-4-7-13-12(8-10)19-14(20(13)3)9-17-15(16-2)18-11-5-6-11/h4,7-8,11H,5-6,9H2,1-3H3,(H2,16,17,18). The average Bonchev–Trinajstić information content (AvgIpc) is 3.20. The molecule has 0 amide bonds. The van der Waals surface area contributed by atoms with Crippen LogP contribution in [-0.2, 0) is 13.6 Å². The molecule has 1 heterocycles. The Balaban J connectivity index is 1.74. The Morgan fingerprint density at radius 1 is 1.45 bits per heavy atom. The summed E-state index contributed by atoms with van der Waals surface area (Å²) < 4.78 is 2.13. The molecule has 1 fully saturated rings. The summed E-state index contributed by atoms with van der Waals surface area (Å²) in [5.74, 6) is 1.88. The van der Waals surface area contributed by atoms with E-state index in [1.54, 1.807) is 7.05 Å². The first-order chi connectivity index (χ1) is 9.67. The Bertz CT molecular complexity index is 652. The molecular formula is C15H21N5. The van der Waals surface area contributed by atoms with Crippen LogP contribution < -0.4 is 10.6 Å². The van der Waals surface area contributed by atoms with Crippen molar-refractivity contribution >= 4 is 17.0 Å². The summed E-state index contributed by atoms with van der Waals surface area (Å²) in [6.45, 7) is 2.77. The number of hydrogen-bond donors (Lipinski definition) is 2. The van der Waals surface area contributed by atoms with Crippen molar-refractivity contribution in [3.05, 3.63) is 29.6 Å². The Hall–Kier alpha value is -2.04. The van der Waals surface area contributed by atoms with E-state index in [9.17, 15) is 0 Å². The number of guanidine groups is 1. The SMILES string of the molecule is CN=C(NCc1nc2cc(C)ccc2n1C)NC1CC1. The molecule has 0 radical (unpaired) electrons. The molecule has 5 nitrogen and oxygen atoms in total. The lowest BCUT2D eigenvalue weighted by Gasteiger charge is -2.10. The van der Waals surface area contributed by atoms with Crippen LogP contribution in [0.2, 0.25) is 0 Å². The zero-order valence-corrected chi connectivity index (χ0v) is 12.3. The number of aryl methyl sites for hydroxylation is 2. The van der Waals surface area contributed by atoms with E-state index in [1.165, 1.54) is 18.4 Å². The van der Waals surface area contributed by atoms with Gasteiger partial charge in [-0.25, -0.2) is 4.98 Å². The van der Waals surface area contributed by atoms with Gasteiger partial charge in [0, 0.05) is 20.1 Å². The van der Waals surface area contributed by atoms with Gasteiger partial charge in [-0.2, -0.15) is 0 Å². The summed E-state index contributed by atoms with van der Waals surface area (Å²) in [7, 11) is 3.86. The van der Waals surface area contributed by atoms with Crippen LogP contribution in [0.1, 0.15) is 24.2 Å². The molecule has 0 atom stereocenters. The molecule has 1 aliphatic carbocycles. The van der Waals surface area contributed by atoms with Crippen molar-refractivity contribution in [2.24, 2.45) is 12.0 Å². The molecule has 2 aromatic rings. The van der Waals surface area contributed by atoms with E-state index in [2.05, 4.69) is 52.4 Å². The van der Waals surface area contributed by atoms with Crippen LogP contribution in [0, 0.1) is 6.92 Å². The van der Waals surface area contributed by atoms with Crippen LogP contribution in [0.5, 0.6) is 0 Å². The molecule has 0 aliphatic heterocycles. The predicted molar refractivity (Wildman–Crippen MR) is 81.8 cm³/mol. The minimum Gasteiger partial charge on any atom is -0.354 e. The molecule has 106 valence electrons. The van der Waals surface area contributed by atoms with E-state index < -0.39 is 0 Å². The summed E-state index contributed by atoms with van der Waals surface area (Å²) in [6.07, 6.45) is 2.48. The zero-order chi connectivity index (χ0) is 14.1. The molecular weight excluding hydrogens is 250 g/mol. The second-order valence-corrected chi connectivity index (χ2v) is 5.42. The van der Waals surface area contributed by atoms with E-state index >= 15 is 0 Å². The lowest BCUT2D eigenvalue weighted by Crippen LogP contribution is -2.38. The molecule has 0 bridgehead atoms. The summed E-state index contributed by atoms with van der Waals surface area (Å²) in [5, 5.41) is 6.70. The topological polar surface area (TPSA) is 54.2 Å². The van der Waals surface area contributed by atoms with Crippen LogP contribution in [0.15, 0.2) is 23.2 Å². The minimum absolute atomic E-state index is 0.601. The smallest absolute Gasteiger partial charge is 0.191 e. The highest BCUT2D eigenvalue weighted by Gasteiger charge is 2.22. The molecule has 1 aromatic heterocycles. The summed E-state index contributed by atoms with van der Waals surface area (Å²) in [6, 6.07) is 6.97. The van der Waals surface area contributed by atoms with Crippen molar-refractivity contribution in [3.8, 4) is 0 Å². The zero-order valence-electron chi connectivity index (χ0n) is 12.3. The van der Waals surface area contributed by atoms with E-state index in [0.717, 1.165) is 22.8 Å². The first-order valence-corrected chi connectivity index (χ1v) is 7.06. The highest BCUT2D eigenvalue weighted by atomic mass is 15.2. The van der Waals surface area contributed by atoms with Crippen molar-refractivity contribution in [2.45, 2.75) is 32.4 Å². The number of nitrogens with one attached hydrogen (secondary N) is 2. The quantitative estimate of drug-likeness (QED) is 0.660. The highest BCUT2D eigenvalue weighted by molar-refractivity contribution is 5.80. The van der Waals surface area contributed by atoms with Crippen molar-refractivity contribution in [1.82, 2.24) is 20.2 Å². The van der Waals surface area contributed by atoms with Gasteiger partial charge in [0.05, 0.1) is 17.6 Å². The second-order valence-electron chi connectivity index (χ2n) is 5.42. The normalized spacial score (nSPS) is 15.7.